The molecule has 0 aliphatic carbocycles. The van der Waals surface area contributed by atoms with Crippen molar-refractivity contribution in [1.29, 1.82) is 0 Å². The molecule has 24 N–H and O–H groups in total. The number of unbranched alkanes of at least 4 members (excludes halogenated alkanes) is 3. The summed E-state index contributed by atoms with van der Waals surface area (Å²) in [5.41, 5.74) is 28.2. The van der Waals surface area contributed by atoms with Crippen LogP contribution in [0.15, 0.2) is 0 Å². The van der Waals surface area contributed by atoms with E-state index in [0.29, 0.717) is 58.0 Å². The summed E-state index contributed by atoms with van der Waals surface area (Å²) in [6.07, 6.45) is 2.49. The minimum Gasteiger partial charge on any atom is -0.481 e. The largest absolute Gasteiger partial charge is 0.481 e. The fourth-order valence-corrected chi connectivity index (χ4v) is 12.0. The third kappa shape index (κ3) is 33.1. The molecule has 0 aromatic rings. The summed E-state index contributed by atoms with van der Waals surface area (Å²) in [6, 6.07) is -17.4. The molecule has 2 aliphatic rings. The number of primary amides is 1. The molecule has 0 aromatic carbocycles. The minimum atomic E-state index is -1.81. The average Bonchev–Trinajstić information content (AvgIpc) is 1.65. The van der Waals surface area contributed by atoms with Gasteiger partial charge in [-0.25, -0.2) is 4.79 Å². The van der Waals surface area contributed by atoms with Gasteiger partial charge in [-0.05, 0) is 153 Å². The molecule has 2 fully saturated rings. The molecule has 2 rings (SSSR count). The fraction of sp³-hybridized carbons (Fsp3) is 0.765. The number of nitrogens with zero attached hydrogens (tertiary/aromatic N) is 2. The zero-order chi connectivity index (χ0) is 79.4. The number of carboxylic acid groups (broad SMARTS) is 2. The van der Waals surface area contributed by atoms with Gasteiger partial charge in [0, 0.05) is 19.5 Å². The monoisotopic (exact) mass is 1490 g/mol. The number of rotatable bonds is 50. The number of hydrogen-bond acceptors (Lipinski definition) is 21. The summed E-state index contributed by atoms with van der Waals surface area (Å²) in [6.45, 7) is 14.5. The van der Waals surface area contributed by atoms with Gasteiger partial charge in [-0.15, -0.1) is 0 Å². The first-order valence-corrected chi connectivity index (χ1v) is 36.5. The third-order valence-corrected chi connectivity index (χ3v) is 17.7. The van der Waals surface area contributed by atoms with Crippen LogP contribution in [0, 0.1) is 23.7 Å². The highest BCUT2D eigenvalue weighted by Gasteiger charge is 2.45. The second-order valence-electron chi connectivity index (χ2n) is 28.6. The van der Waals surface area contributed by atoms with Crippen molar-refractivity contribution in [3.63, 3.8) is 0 Å². The number of nitrogens with two attached hydrogens (primary N) is 5. The number of nitrogens with one attached hydrogen (secondary N) is 11. The maximum atomic E-state index is 14.5. The van der Waals surface area contributed by atoms with Gasteiger partial charge in [0.2, 0.25) is 82.7 Å². The fourth-order valence-electron chi connectivity index (χ4n) is 12.0. The molecule has 596 valence electrons. The summed E-state index contributed by atoms with van der Waals surface area (Å²) < 4.78 is 0. The summed E-state index contributed by atoms with van der Waals surface area (Å²) >= 11 is 0. The predicted octanol–water partition coefficient (Wildman–Crippen LogP) is -4.72. The molecule has 0 radical (unpaired) electrons. The number of hydrogen-bond donors (Lipinski definition) is 19. The van der Waals surface area contributed by atoms with Crippen molar-refractivity contribution in [2.24, 2.45) is 52.3 Å². The zero-order valence-corrected chi connectivity index (χ0v) is 62.4. The molecule has 37 nitrogen and oxygen atoms in total. The Labute approximate surface area is 613 Å². The second-order valence-corrected chi connectivity index (χ2v) is 28.6. The maximum absolute atomic E-state index is 14.5. The quantitative estimate of drug-likeness (QED) is 0.0254. The van der Waals surface area contributed by atoms with E-state index >= 15 is 0 Å². The summed E-state index contributed by atoms with van der Waals surface area (Å²) in [5.74, 6) is -15.8. The Morgan fingerprint density at radius 3 is 1.40 bits per heavy atom. The molecule has 2 heterocycles. The molecule has 0 bridgehead atoms. The van der Waals surface area contributed by atoms with E-state index in [2.05, 4.69) is 58.5 Å². The van der Waals surface area contributed by atoms with Crippen LogP contribution >= 0.6 is 0 Å². The number of amides is 14. The molecule has 105 heavy (non-hydrogen) atoms. The van der Waals surface area contributed by atoms with Crippen molar-refractivity contribution in [2.45, 2.75) is 263 Å². The highest BCUT2D eigenvalue weighted by Crippen LogP contribution is 2.27. The zero-order valence-electron chi connectivity index (χ0n) is 62.4. The summed E-state index contributed by atoms with van der Waals surface area (Å²) in [7, 11) is 0. The second kappa shape index (κ2) is 47.7. The van der Waals surface area contributed by atoms with Crippen LogP contribution in [0.2, 0.25) is 0 Å². The number of carbonyl (C=O) groups excluding carboxylic acids is 14. The molecule has 0 unspecified atom stereocenters. The Balaban J connectivity index is 2.22. The average molecular weight is 1490 g/mol. The van der Waals surface area contributed by atoms with E-state index in [1.54, 1.807) is 55.4 Å². The van der Waals surface area contributed by atoms with Crippen LogP contribution in [0.25, 0.3) is 0 Å². The Morgan fingerprint density at radius 1 is 0.448 bits per heavy atom. The van der Waals surface area contributed by atoms with Gasteiger partial charge in [-0.1, -0.05) is 61.8 Å². The predicted molar refractivity (Wildman–Crippen MR) is 383 cm³/mol. The lowest BCUT2D eigenvalue weighted by Gasteiger charge is -2.33. The van der Waals surface area contributed by atoms with Crippen molar-refractivity contribution < 1.29 is 92.0 Å². The number of aliphatic hydroxyl groups excluding tert-OH is 1. The van der Waals surface area contributed by atoms with Crippen LogP contribution in [-0.2, 0) is 76.7 Å². The smallest absolute Gasteiger partial charge is 0.326 e. The molecule has 37 heteroatoms. The molecular weight excluding hydrogens is 1370 g/mol. The number of aliphatic hydroxyl groups is 1. The van der Waals surface area contributed by atoms with E-state index in [-0.39, 0.29) is 108 Å². The van der Waals surface area contributed by atoms with Crippen LogP contribution in [0.3, 0.4) is 0 Å². The van der Waals surface area contributed by atoms with Crippen LogP contribution < -0.4 is 87.2 Å². The molecule has 2 saturated heterocycles. The summed E-state index contributed by atoms with van der Waals surface area (Å²) in [5, 5.41) is 57.5. The summed E-state index contributed by atoms with van der Waals surface area (Å²) in [4.78, 5) is 218. The van der Waals surface area contributed by atoms with Crippen molar-refractivity contribution in [2.75, 3.05) is 45.9 Å². The first-order chi connectivity index (χ1) is 49.4. The molecule has 2 aliphatic heterocycles. The third-order valence-electron chi connectivity index (χ3n) is 17.7. The van der Waals surface area contributed by atoms with Crippen molar-refractivity contribution >= 4 is 94.6 Å². The SMILES string of the molecule is CC(C)C[C@H](NC(=O)CNC(=O)[C@@H]1CCCN1C(=O)[C@@H]1CCCN1C(=O)[C@H](CC(C)C)NC(=O)[C@H](CO)NC(=O)[C@H](CCC(N)=O)NC(=O)[C@@H](N)CCCCN)C(=O)N[C@@H](C)C(=O)N[C@H](C(=O)N[C@@H](CCCCN)C(=O)N[C@@H](CC(=O)O)C(=O)N[C@@H](CC(C)C)C(=O)N[C@@H](CCCCN)C(=O)O)C(C)C. The van der Waals surface area contributed by atoms with Crippen molar-refractivity contribution in [1.82, 2.24) is 68.3 Å². The van der Waals surface area contributed by atoms with E-state index in [0.717, 1.165) is 0 Å². The van der Waals surface area contributed by atoms with E-state index in [4.69, 9.17) is 28.7 Å². The maximum Gasteiger partial charge on any atom is 0.326 e. The van der Waals surface area contributed by atoms with E-state index in [9.17, 15) is 92.0 Å². The molecular formula is C68H120N18O19. The van der Waals surface area contributed by atoms with Gasteiger partial charge in [-0.3, -0.25) is 71.9 Å². The lowest BCUT2D eigenvalue weighted by Crippen LogP contribution is -2.60. The van der Waals surface area contributed by atoms with E-state index < -0.39 is 199 Å². The van der Waals surface area contributed by atoms with Gasteiger partial charge >= 0.3 is 11.9 Å². The van der Waals surface area contributed by atoms with E-state index in [1.165, 1.54) is 16.7 Å². The van der Waals surface area contributed by atoms with E-state index in [1.807, 2.05) is 0 Å². The van der Waals surface area contributed by atoms with Gasteiger partial charge in [0.1, 0.15) is 72.5 Å². The Kier molecular flexibility index (Phi) is 42.0. The molecule has 0 spiro atoms. The number of carboxylic acids is 2. The molecule has 14 amide bonds. The lowest BCUT2D eigenvalue weighted by atomic mass is 10.0. The lowest BCUT2D eigenvalue weighted by molar-refractivity contribution is -0.148. The minimum absolute atomic E-state index is 0.00503. The first kappa shape index (κ1) is 92.4. The van der Waals surface area contributed by atoms with Crippen LogP contribution in [-0.4, -0.2) is 244 Å². The Morgan fingerprint density at radius 2 is 0.876 bits per heavy atom. The normalized spacial score (nSPS) is 17.4. The Bertz CT molecular complexity index is 2940. The van der Waals surface area contributed by atoms with Crippen molar-refractivity contribution in [3.05, 3.63) is 0 Å². The Hall–Kier alpha value is -8.68. The highest BCUT2D eigenvalue weighted by molar-refractivity contribution is 6.00. The number of likely N-dealkylation sites (tertiary alicyclic amines) is 2. The van der Waals surface area contributed by atoms with Gasteiger partial charge < -0.3 is 112 Å². The van der Waals surface area contributed by atoms with Crippen LogP contribution in [0.1, 0.15) is 184 Å². The highest BCUT2D eigenvalue weighted by atomic mass is 16.4. The topological polar surface area (TPSA) is 603 Å². The van der Waals surface area contributed by atoms with Gasteiger partial charge in [0.15, 0.2) is 0 Å². The van der Waals surface area contributed by atoms with Gasteiger partial charge in [0.25, 0.3) is 0 Å². The molecule has 0 saturated carbocycles. The van der Waals surface area contributed by atoms with Crippen LogP contribution in [0.5, 0.6) is 0 Å². The number of aliphatic carboxylic acids is 2. The molecule has 13 atom stereocenters. The molecule has 0 aromatic heterocycles. The first-order valence-electron chi connectivity index (χ1n) is 36.5. The van der Waals surface area contributed by atoms with Crippen LogP contribution in [0.4, 0.5) is 0 Å². The number of carbonyl (C=O) groups is 16. The standard InChI is InChI=1S/C68H120N18O19/c1-36(2)30-45(60(96)75-40(9)56(92)84-55(39(7)8)65(101)78-42(19-11-14-26-70)58(94)81-47(33-54(90)91)62(98)80-46(31-37(3)4)61(97)79-44(68(104)105)20-12-15-27-71)76-53(89)34-74-64(100)50-21-16-28-85(50)67(103)51-22-17-29-86(51)66(102)48(32-38(5)6)82-63(99)49(35-87)83-59(95)43(23-24-52(73)88)77-57(93)41(72)18-10-13-25-69/h36-51,55,87H,10-35,69-72H2,1-9H3,(H2,73,88)(H,74,100)(H,75,96)(H,76,89)(H,77,93)(H,78,101)(H,79,97)(H,80,98)(H,81,94)(H,82,99)(H,83,95)(H,84,92)(H,90,91)(H,104,105)/t40-,41-,42-,43-,44-,45-,46-,47-,48-,49-,50-,51-,55-/m0/s1. The van der Waals surface area contributed by atoms with Gasteiger partial charge in [0.05, 0.1) is 25.6 Å². The van der Waals surface area contributed by atoms with Gasteiger partial charge in [-0.2, -0.15) is 0 Å². The van der Waals surface area contributed by atoms with Crippen molar-refractivity contribution in [3.8, 4) is 0 Å².